The number of imidazole rings is 1. The van der Waals surface area contributed by atoms with Crippen LogP contribution in [0.15, 0.2) is 28.9 Å². The lowest BCUT2D eigenvalue weighted by molar-refractivity contribution is 0.0892. The second-order valence-electron chi connectivity index (χ2n) is 5.29. The monoisotopic (exact) mass is 307 g/mol. The molecule has 2 aromatic heterocycles. The van der Waals surface area contributed by atoms with E-state index in [1.165, 1.54) is 0 Å². The molecule has 0 aliphatic rings. The van der Waals surface area contributed by atoms with Crippen LogP contribution in [0.1, 0.15) is 42.0 Å². The number of rotatable bonds is 6. The lowest BCUT2D eigenvalue weighted by Crippen LogP contribution is -2.33. The number of nitrogens with zero attached hydrogens (tertiary/aromatic N) is 2. The Morgan fingerprint density at radius 3 is 2.81 bits per heavy atom. The fraction of sp³-hybridized carbons (Fsp3) is 0.467. The highest BCUT2D eigenvalue weighted by Gasteiger charge is 2.23. The first kappa shape index (κ1) is 15.7. The van der Waals surface area contributed by atoms with Crippen molar-refractivity contribution in [2.24, 2.45) is 13.0 Å². The molecule has 5 nitrogen and oxygen atoms in total. The van der Waals surface area contributed by atoms with E-state index in [9.17, 15) is 4.79 Å². The molecular weight excluding hydrogens is 286 g/mol. The summed E-state index contributed by atoms with van der Waals surface area (Å²) in [5, 5.41) is 3.01. The Bertz CT molecular complexity index is 604. The SMILES string of the molecule is CSCc1ccc(C(=O)N[C@H](c2nccn2C)C(C)C)o1. The zero-order chi connectivity index (χ0) is 15.4. The van der Waals surface area contributed by atoms with Gasteiger partial charge in [-0.25, -0.2) is 4.98 Å². The second-order valence-corrected chi connectivity index (χ2v) is 6.16. The van der Waals surface area contributed by atoms with Crippen molar-refractivity contribution >= 4 is 17.7 Å². The van der Waals surface area contributed by atoms with E-state index < -0.39 is 0 Å². The van der Waals surface area contributed by atoms with Gasteiger partial charge in [0.1, 0.15) is 11.6 Å². The maximum absolute atomic E-state index is 12.3. The molecule has 0 bridgehead atoms. The lowest BCUT2D eigenvalue weighted by atomic mass is 10.0. The molecule has 0 unspecified atom stereocenters. The maximum atomic E-state index is 12.3. The number of carbonyl (C=O) groups is 1. The largest absolute Gasteiger partial charge is 0.455 e. The molecule has 1 amide bonds. The van der Waals surface area contributed by atoms with Gasteiger partial charge in [-0.15, -0.1) is 0 Å². The van der Waals surface area contributed by atoms with Gasteiger partial charge >= 0.3 is 0 Å². The number of hydrogen-bond acceptors (Lipinski definition) is 4. The van der Waals surface area contributed by atoms with Gasteiger partial charge in [0.05, 0.1) is 11.8 Å². The van der Waals surface area contributed by atoms with Crippen LogP contribution in [-0.4, -0.2) is 21.7 Å². The summed E-state index contributed by atoms with van der Waals surface area (Å²) in [4.78, 5) is 16.7. The van der Waals surface area contributed by atoms with E-state index in [1.54, 1.807) is 24.0 Å². The van der Waals surface area contributed by atoms with Crippen molar-refractivity contribution in [3.05, 3.63) is 41.9 Å². The first-order chi connectivity index (χ1) is 10.0. The van der Waals surface area contributed by atoms with Crippen LogP contribution in [0.4, 0.5) is 0 Å². The van der Waals surface area contributed by atoms with Gasteiger partial charge in [0.25, 0.3) is 5.91 Å². The molecular formula is C15H21N3O2S. The van der Waals surface area contributed by atoms with Crippen LogP contribution in [-0.2, 0) is 12.8 Å². The number of thioether (sulfide) groups is 1. The topological polar surface area (TPSA) is 60.1 Å². The highest BCUT2D eigenvalue weighted by molar-refractivity contribution is 7.97. The average Bonchev–Trinajstić information content (AvgIpc) is 3.05. The summed E-state index contributed by atoms with van der Waals surface area (Å²) in [7, 11) is 1.92. The van der Waals surface area contributed by atoms with Crippen molar-refractivity contribution in [2.75, 3.05) is 6.26 Å². The van der Waals surface area contributed by atoms with Crippen molar-refractivity contribution in [1.29, 1.82) is 0 Å². The van der Waals surface area contributed by atoms with E-state index in [4.69, 9.17) is 4.42 Å². The third-order valence-electron chi connectivity index (χ3n) is 3.26. The average molecular weight is 307 g/mol. The van der Waals surface area contributed by atoms with E-state index in [0.29, 0.717) is 5.76 Å². The standard InChI is InChI=1S/C15H21N3O2S/c1-10(2)13(14-16-7-8-18(14)3)17-15(19)12-6-5-11(20-12)9-21-4/h5-8,10,13H,9H2,1-4H3,(H,17,19)/t13-/m0/s1. The fourth-order valence-electron chi connectivity index (χ4n) is 2.14. The molecule has 0 spiro atoms. The summed E-state index contributed by atoms with van der Waals surface area (Å²) in [6.07, 6.45) is 5.61. The number of aromatic nitrogens is 2. The third-order valence-corrected chi connectivity index (χ3v) is 3.84. The zero-order valence-corrected chi connectivity index (χ0v) is 13.6. The zero-order valence-electron chi connectivity index (χ0n) is 12.8. The Morgan fingerprint density at radius 2 is 2.24 bits per heavy atom. The molecule has 0 saturated heterocycles. The molecule has 0 aliphatic carbocycles. The van der Waals surface area contributed by atoms with E-state index >= 15 is 0 Å². The minimum absolute atomic E-state index is 0.147. The van der Waals surface area contributed by atoms with E-state index in [2.05, 4.69) is 24.1 Å². The molecule has 1 atom stereocenters. The Labute approximate surface area is 129 Å². The van der Waals surface area contributed by atoms with Crippen LogP contribution < -0.4 is 5.32 Å². The number of amides is 1. The van der Waals surface area contributed by atoms with Crippen molar-refractivity contribution in [1.82, 2.24) is 14.9 Å². The minimum Gasteiger partial charge on any atom is -0.455 e. The molecule has 0 saturated carbocycles. The van der Waals surface area contributed by atoms with Gasteiger partial charge < -0.3 is 14.3 Å². The third kappa shape index (κ3) is 3.69. The van der Waals surface area contributed by atoms with Crippen LogP contribution in [0.2, 0.25) is 0 Å². The quantitative estimate of drug-likeness (QED) is 0.891. The molecule has 21 heavy (non-hydrogen) atoms. The number of hydrogen-bond donors (Lipinski definition) is 1. The molecule has 6 heteroatoms. The Balaban J connectivity index is 2.13. The molecule has 1 N–H and O–H groups in total. The van der Waals surface area contributed by atoms with Crippen LogP contribution in [0.25, 0.3) is 0 Å². The summed E-state index contributed by atoms with van der Waals surface area (Å²) in [5.41, 5.74) is 0. The minimum atomic E-state index is -0.205. The van der Waals surface area contributed by atoms with Gasteiger partial charge in [-0.3, -0.25) is 4.79 Å². The molecule has 0 radical (unpaired) electrons. The first-order valence-electron chi connectivity index (χ1n) is 6.88. The number of aryl methyl sites for hydroxylation is 1. The molecule has 114 valence electrons. The van der Waals surface area contributed by atoms with Crippen LogP contribution in [0, 0.1) is 5.92 Å². The van der Waals surface area contributed by atoms with Gasteiger partial charge in [0.2, 0.25) is 0 Å². The molecule has 2 aromatic rings. The van der Waals surface area contributed by atoms with Crippen molar-refractivity contribution < 1.29 is 9.21 Å². The highest BCUT2D eigenvalue weighted by Crippen LogP contribution is 2.21. The first-order valence-corrected chi connectivity index (χ1v) is 8.28. The van der Waals surface area contributed by atoms with Gasteiger partial charge in [0.15, 0.2) is 5.76 Å². The smallest absolute Gasteiger partial charge is 0.287 e. The maximum Gasteiger partial charge on any atom is 0.287 e. The summed E-state index contributed by atoms with van der Waals surface area (Å²) in [5.74, 6) is 2.79. The van der Waals surface area contributed by atoms with E-state index in [0.717, 1.165) is 17.3 Å². The molecule has 2 heterocycles. The summed E-state index contributed by atoms with van der Waals surface area (Å²) in [6, 6.07) is 3.42. The Hall–Kier alpha value is -1.69. The van der Waals surface area contributed by atoms with Gasteiger partial charge in [0, 0.05) is 19.4 Å². The Kier molecular flexibility index (Phi) is 5.12. The van der Waals surface area contributed by atoms with Crippen LogP contribution in [0.3, 0.4) is 0 Å². The predicted molar refractivity (Wildman–Crippen MR) is 84.2 cm³/mol. The normalized spacial score (nSPS) is 12.6. The van der Waals surface area contributed by atoms with Crippen LogP contribution >= 0.6 is 11.8 Å². The lowest BCUT2D eigenvalue weighted by Gasteiger charge is -2.21. The second kappa shape index (κ2) is 6.85. The number of carbonyl (C=O) groups excluding carboxylic acids is 1. The highest BCUT2D eigenvalue weighted by atomic mass is 32.2. The van der Waals surface area contributed by atoms with Crippen LogP contribution in [0.5, 0.6) is 0 Å². The summed E-state index contributed by atoms with van der Waals surface area (Å²) >= 11 is 1.66. The van der Waals surface area contributed by atoms with Crippen molar-refractivity contribution in [3.63, 3.8) is 0 Å². The number of nitrogens with one attached hydrogen (secondary N) is 1. The van der Waals surface area contributed by atoms with E-state index in [1.807, 2.05) is 30.1 Å². The predicted octanol–water partition coefficient (Wildman–Crippen LogP) is 3.00. The summed E-state index contributed by atoms with van der Waals surface area (Å²) in [6.45, 7) is 4.11. The van der Waals surface area contributed by atoms with Gasteiger partial charge in [-0.2, -0.15) is 11.8 Å². The summed E-state index contributed by atoms with van der Waals surface area (Å²) < 4.78 is 7.48. The van der Waals surface area contributed by atoms with Crippen molar-refractivity contribution in [2.45, 2.75) is 25.6 Å². The number of furan rings is 1. The van der Waals surface area contributed by atoms with Gasteiger partial charge in [-0.1, -0.05) is 13.8 Å². The molecule has 0 aliphatic heterocycles. The molecule has 0 aromatic carbocycles. The van der Waals surface area contributed by atoms with E-state index in [-0.39, 0.29) is 17.9 Å². The Morgan fingerprint density at radius 1 is 1.48 bits per heavy atom. The molecule has 2 rings (SSSR count). The molecule has 0 fully saturated rings. The van der Waals surface area contributed by atoms with Crippen molar-refractivity contribution in [3.8, 4) is 0 Å². The van der Waals surface area contributed by atoms with Gasteiger partial charge in [-0.05, 0) is 24.3 Å². The fourth-order valence-corrected chi connectivity index (χ4v) is 2.58.